The fourth-order valence-electron chi connectivity index (χ4n) is 6.74. The fraction of sp³-hybridized carbons (Fsp3) is 0.467. The van der Waals surface area contributed by atoms with Crippen LogP contribution in [-0.2, 0) is 62.2 Å². The van der Waals surface area contributed by atoms with Crippen LogP contribution in [0.3, 0.4) is 0 Å². The topological polar surface area (TPSA) is 140 Å². The summed E-state index contributed by atoms with van der Waals surface area (Å²) in [5.41, 5.74) is 2.16. The molecule has 6 atom stereocenters. The predicted molar refractivity (Wildman–Crippen MR) is 214 cm³/mol. The third-order valence-corrected chi connectivity index (χ3v) is 10.4. The molecule has 12 nitrogen and oxygen atoms in total. The average Bonchev–Trinajstić information content (AvgIpc) is 3.19. The van der Waals surface area contributed by atoms with Gasteiger partial charge in [-0.1, -0.05) is 133 Å². The molecule has 3 amide bonds. The van der Waals surface area contributed by atoms with Crippen molar-refractivity contribution < 1.29 is 43.0 Å². The maximum atomic E-state index is 14.4. The van der Waals surface area contributed by atoms with Gasteiger partial charge in [-0.2, -0.15) is 0 Å². The van der Waals surface area contributed by atoms with Gasteiger partial charge in [0.25, 0.3) is 17.7 Å². The van der Waals surface area contributed by atoms with E-state index in [1.165, 1.54) is 35.8 Å². The van der Waals surface area contributed by atoms with Gasteiger partial charge in [-0.25, -0.2) is 14.4 Å². The van der Waals surface area contributed by atoms with Crippen molar-refractivity contribution in [2.24, 2.45) is 17.8 Å². The van der Waals surface area contributed by atoms with Crippen molar-refractivity contribution in [2.45, 2.75) is 97.2 Å². The summed E-state index contributed by atoms with van der Waals surface area (Å²) in [4.78, 5) is 89.9. The van der Waals surface area contributed by atoms with E-state index in [1.807, 2.05) is 18.2 Å². The Hall–Kier alpha value is -5.52. The smallest absolute Gasteiger partial charge is 0.329 e. The number of carbonyl (C=O) groups is 6. The Kier molecular flexibility index (Phi) is 15.6. The van der Waals surface area contributed by atoms with Crippen molar-refractivity contribution in [3.05, 3.63) is 108 Å². The van der Waals surface area contributed by atoms with Gasteiger partial charge >= 0.3 is 17.9 Å². The van der Waals surface area contributed by atoms with Crippen molar-refractivity contribution in [3.63, 3.8) is 0 Å². The highest BCUT2D eigenvalue weighted by Crippen LogP contribution is 2.24. The van der Waals surface area contributed by atoms with Crippen LogP contribution < -0.4 is 0 Å². The standard InChI is InChI=1S/C45H57N3O9/c1-28(2)37-40(49)46(7)35(26-32-21-15-11-16-22-32)44(53)56-39(30(5)6)42(51)48(9)36(27-33-23-17-12-18-24-33)45(54)57-38(29(3)4)41(50)47(8)34(43(52)55-37)25-31-19-13-10-14-20-31/h10-24,28-30,34-39H,25-27H2,1-9H3/t34-,35-,36-,37?,38?,39?/m0/s1. The molecule has 0 spiro atoms. The van der Waals surface area contributed by atoms with Crippen LogP contribution >= 0.6 is 0 Å². The zero-order valence-corrected chi connectivity index (χ0v) is 34.5. The average molecular weight is 784 g/mol. The van der Waals surface area contributed by atoms with Gasteiger partial charge < -0.3 is 28.9 Å². The Balaban J connectivity index is 1.88. The van der Waals surface area contributed by atoms with Crippen LogP contribution in [0.1, 0.15) is 58.2 Å². The van der Waals surface area contributed by atoms with Gasteiger partial charge in [0, 0.05) is 40.4 Å². The Labute approximate surface area is 336 Å². The van der Waals surface area contributed by atoms with Crippen LogP contribution in [0.2, 0.25) is 0 Å². The lowest BCUT2D eigenvalue weighted by molar-refractivity contribution is -0.179. The van der Waals surface area contributed by atoms with Crippen molar-refractivity contribution >= 4 is 35.6 Å². The molecule has 12 heteroatoms. The van der Waals surface area contributed by atoms with Gasteiger partial charge in [0.15, 0.2) is 18.3 Å². The minimum Gasteiger partial charge on any atom is -0.450 e. The first-order chi connectivity index (χ1) is 27.0. The zero-order chi connectivity index (χ0) is 42.0. The van der Waals surface area contributed by atoms with Gasteiger partial charge in [-0.05, 0) is 34.4 Å². The van der Waals surface area contributed by atoms with Crippen molar-refractivity contribution in [2.75, 3.05) is 21.1 Å². The molecule has 1 fully saturated rings. The second-order valence-electron chi connectivity index (χ2n) is 15.8. The molecule has 4 rings (SSSR count). The van der Waals surface area contributed by atoms with Crippen LogP contribution in [-0.4, -0.2) is 108 Å². The number of ether oxygens (including phenoxy) is 3. The first kappa shape index (κ1) is 44.2. The van der Waals surface area contributed by atoms with E-state index in [9.17, 15) is 28.8 Å². The van der Waals surface area contributed by atoms with Crippen LogP contribution in [0.4, 0.5) is 0 Å². The van der Waals surface area contributed by atoms with E-state index < -0.39 is 89.8 Å². The number of cyclic esters (lactones) is 3. The number of carbonyl (C=O) groups excluding carboxylic acids is 6. The highest BCUT2D eigenvalue weighted by molar-refractivity contribution is 5.94. The van der Waals surface area contributed by atoms with E-state index in [0.29, 0.717) is 0 Å². The van der Waals surface area contributed by atoms with E-state index >= 15 is 0 Å². The summed E-state index contributed by atoms with van der Waals surface area (Å²) in [5, 5.41) is 0. The SMILES string of the molecule is CC(C)C1OC(=O)[C@H](Cc2ccccc2)N(C)C(=O)C(C(C)C)OC(=O)[C@H](Cc2ccccc2)N(C)C(=O)C(C(C)C)OC(=O)[C@H](Cc2ccccc2)N(C)C1=O. The number of rotatable bonds is 9. The van der Waals surface area contributed by atoms with Gasteiger partial charge in [0.1, 0.15) is 18.1 Å². The van der Waals surface area contributed by atoms with Gasteiger partial charge in [0.2, 0.25) is 0 Å². The molecule has 1 aliphatic rings. The van der Waals surface area contributed by atoms with Crippen molar-refractivity contribution in [3.8, 4) is 0 Å². The minimum absolute atomic E-state index is 0.0307. The number of likely N-dealkylation sites (N-methyl/N-ethyl adjacent to an activating group) is 3. The Morgan fingerprint density at radius 1 is 0.404 bits per heavy atom. The Morgan fingerprint density at radius 2 is 0.614 bits per heavy atom. The molecule has 57 heavy (non-hydrogen) atoms. The summed E-state index contributed by atoms with van der Waals surface area (Å²) in [7, 11) is 4.31. The van der Waals surface area contributed by atoms with E-state index in [4.69, 9.17) is 14.2 Å². The highest BCUT2D eigenvalue weighted by Gasteiger charge is 2.44. The Bertz CT molecular complexity index is 1620. The molecule has 0 radical (unpaired) electrons. The molecule has 3 aromatic rings. The fourth-order valence-corrected chi connectivity index (χ4v) is 6.74. The lowest BCUT2D eigenvalue weighted by Gasteiger charge is -2.37. The van der Waals surface area contributed by atoms with E-state index in [-0.39, 0.29) is 19.3 Å². The quantitative estimate of drug-likeness (QED) is 0.219. The first-order valence-corrected chi connectivity index (χ1v) is 19.5. The molecule has 1 saturated heterocycles. The van der Waals surface area contributed by atoms with Crippen LogP contribution in [0.25, 0.3) is 0 Å². The molecule has 0 aromatic heterocycles. The molecule has 306 valence electrons. The van der Waals surface area contributed by atoms with E-state index in [0.717, 1.165) is 16.7 Å². The maximum Gasteiger partial charge on any atom is 0.329 e. The largest absolute Gasteiger partial charge is 0.450 e. The zero-order valence-electron chi connectivity index (χ0n) is 34.5. The van der Waals surface area contributed by atoms with Crippen LogP contribution in [0.15, 0.2) is 91.0 Å². The summed E-state index contributed by atoms with van der Waals surface area (Å²) in [5.74, 6) is -6.18. The number of nitrogens with zero attached hydrogens (tertiary/aromatic N) is 3. The second-order valence-corrected chi connectivity index (χ2v) is 15.8. The molecule has 0 saturated carbocycles. The molecule has 1 heterocycles. The van der Waals surface area contributed by atoms with E-state index in [2.05, 4.69) is 0 Å². The summed E-state index contributed by atoms with van der Waals surface area (Å²) in [6.07, 6.45) is -3.99. The predicted octanol–water partition coefficient (Wildman–Crippen LogP) is 4.91. The summed E-state index contributed by atoms with van der Waals surface area (Å²) >= 11 is 0. The minimum atomic E-state index is -1.36. The van der Waals surface area contributed by atoms with Gasteiger partial charge in [0.05, 0.1) is 0 Å². The molecule has 0 N–H and O–H groups in total. The third-order valence-electron chi connectivity index (χ3n) is 10.4. The summed E-state index contributed by atoms with van der Waals surface area (Å²) in [6.45, 7) is 10.3. The lowest BCUT2D eigenvalue weighted by atomic mass is 9.99. The molecule has 1 aliphatic heterocycles. The summed E-state index contributed by atoms with van der Waals surface area (Å²) < 4.78 is 18.1. The normalized spacial score (nSPS) is 23.7. The Morgan fingerprint density at radius 3 is 0.807 bits per heavy atom. The number of amides is 3. The lowest BCUT2D eigenvalue weighted by Crippen LogP contribution is -2.56. The molecular formula is C45H57N3O9. The van der Waals surface area contributed by atoms with Crippen molar-refractivity contribution in [1.82, 2.24) is 14.7 Å². The van der Waals surface area contributed by atoms with E-state index in [1.54, 1.807) is 114 Å². The van der Waals surface area contributed by atoms with Crippen molar-refractivity contribution in [1.29, 1.82) is 0 Å². The number of esters is 3. The molecule has 0 aliphatic carbocycles. The van der Waals surface area contributed by atoms with Crippen LogP contribution in [0.5, 0.6) is 0 Å². The monoisotopic (exact) mass is 783 g/mol. The maximum absolute atomic E-state index is 14.4. The molecule has 3 aromatic carbocycles. The highest BCUT2D eigenvalue weighted by atomic mass is 16.6. The van der Waals surface area contributed by atoms with Gasteiger partial charge in [-0.15, -0.1) is 0 Å². The molecule has 0 bridgehead atoms. The number of hydrogen-bond donors (Lipinski definition) is 0. The number of hydrogen-bond acceptors (Lipinski definition) is 9. The second kappa shape index (κ2) is 20.1. The third kappa shape index (κ3) is 11.3. The number of benzene rings is 3. The molecule has 3 unspecified atom stereocenters. The van der Waals surface area contributed by atoms with Crippen LogP contribution in [0, 0.1) is 17.8 Å². The first-order valence-electron chi connectivity index (χ1n) is 19.5. The summed E-state index contributed by atoms with van der Waals surface area (Å²) in [6, 6.07) is 23.4. The molecular weight excluding hydrogens is 727 g/mol. The van der Waals surface area contributed by atoms with Gasteiger partial charge in [-0.3, -0.25) is 14.4 Å².